The topological polar surface area (TPSA) is 63.0 Å². The molecule has 0 aromatic carbocycles. The van der Waals surface area contributed by atoms with E-state index in [-0.39, 0.29) is 5.75 Å². The first kappa shape index (κ1) is 11.4. The molecule has 0 aliphatic heterocycles. The van der Waals surface area contributed by atoms with Crippen molar-refractivity contribution in [2.24, 2.45) is 7.05 Å². The summed E-state index contributed by atoms with van der Waals surface area (Å²) in [6, 6.07) is 3.43. The first-order chi connectivity index (χ1) is 8.08. The van der Waals surface area contributed by atoms with Gasteiger partial charge in [-0.3, -0.25) is 9.67 Å². The summed E-state index contributed by atoms with van der Waals surface area (Å²) in [7, 11) is 1.92. The molecule has 2 rings (SSSR count). The molecule has 5 heteroatoms. The van der Waals surface area contributed by atoms with E-state index in [0.29, 0.717) is 6.54 Å². The monoisotopic (exact) mass is 232 g/mol. The van der Waals surface area contributed by atoms with Gasteiger partial charge in [-0.1, -0.05) is 0 Å². The van der Waals surface area contributed by atoms with Gasteiger partial charge in [-0.2, -0.15) is 5.10 Å². The van der Waals surface area contributed by atoms with Crippen molar-refractivity contribution in [3.05, 3.63) is 35.4 Å². The van der Waals surface area contributed by atoms with E-state index in [2.05, 4.69) is 15.4 Å². The van der Waals surface area contributed by atoms with Crippen LogP contribution in [-0.4, -0.2) is 19.9 Å². The van der Waals surface area contributed by atoms with E-state index in [4.69, 9.17) is 5.11 Å². The third-order valence-corrected chi connectivity index (χ3v) is 2.76. The van der Waals surface area contributed by atoms with E-state index in [9.17, 15) is 0 Å². The van der Waals surface area contributed by atoms with Crippen molar-refractivity contribution in [3.8, 4) is 5.75 Å². The first-order valence-electron chi connectivity index (χ1n) is 5.46. The molecule has 0 bridgehead atoms. The standard InChI is InChI=1S/C12H16N4O/c1-8-12(9(2)16(3)15-8)14-6-10-4-5-11(17)7-13-10/h4-5,7,14,17H,6H2,1-3H3. The van der Waals surface area contributed by atoms with Crippen molar-refractivity contribution in [1.82, 2.24) is 14.8 Å². The van der Waals surface area contributed by atoms with Crippen LogP contribution in [0.4, 0.5) is 5.69 Å². The molecule has 0 saturated carbocycles. The predicted octanol–water partition coefficient (Wildman–Crippen LogP) is 1.75. The first-order valence-corrected chi connectivity index (χ1v) is 5.46. The van der Waals surface area contributed by atoms with Gasteiger partial charge in [-0.05, 0) is 26.0 Å². The fourth-order valence-corrected chi connectivity index (χ4v) is 1.73. The van der Waals surface area contributed by atoms with Gasteiger partial charge in [0, 0.05) is 7.05 Å². The molecule has 0 saturated heterocycles. The Bertz CT molecular complexity index is 516. The van der Waals surface area contributed by atoms with Crippen LogP contribution in [0.1, 0.15) is 17.1 Å². The van der Waals surface area contributed by atoms with Crippen LogP contribution in [0.15, 0.2) is 18.3 Å². The quantitative estimate of drug-likeness (QED) is 0.846. The molecule has 0 unspecified atom stereocenters. The number of rotatable bonds is 3. The Morgan fingerprint density at radius 2 is 2.12 bits per heavy atom. The van der Waals surface area contributed by atoms with Gasteiger partial charge in [-0.25, -0.2) is 0 Å². The van der Waals surface area contributed by atoms with Gasteiger partial charge in [0.25, 0.3) is 0 Å². The van der Waals surface area contributed by atoms with E-state index in [1.165, 1.54) is 6.20 Å². The Labute approximate surface area is 100 Å². The average Bonchev–Trinajstić information content (AvgIpc) is 2.54. The molecule has 0 aliphatic carbocycles. The minimum Gasteiger partial charge on any atom is -0.506 e. The summed E-state index contributed by atoms with van der Waals surface area (Å²) in [5.74, 6) is 0.183. The molecular weight excluding hydrogens is 216 g/mol. The van der Waals surface area contributed by atoms with Crippen molar-refractivity contribution >= 4 is 5.69 Å². The SMILES string of the molecule is Cc1nn(C)c(C)c1NCc1ccc(O)cn1. The second kappa shape index (κ2) is 4.45. The van der Waals surface area contributed by atoms with Crippen LogP contribution in [0.25, 0.3) is 0 Å². The number of anilines is 1. The lowest BCUT2D eigenvalue weighted by Gasteiger charge is -2.06. The Morgan fingerprint density at radius 1 is 1.35 bits per heavy atom. The summed E-state index contributed by atoms with van der Waals surface area (Å²) >= 11 is 0. The second-order valence-corrected chi connectivity index (χ2v) is 4.03. The van der Waals surface area contributed by atoms with Crippen LogP contribution in [0.2, 0.25) is 0 Å². The lowest BCUT2D eigenvalue weighted by molar-refractivity contribution is 0.472. The van der Waals surface area contributed by atoms with Crippen molar-refractivity contribution in [2.75, 3.05) is 5.32 Å². The highest BCUT2D eigenvalue weighted by Gasteiger charge is 2.08. The van der Waals surface area contributed by atoms with Crippen molar-refractivity contribution < 1.29 is 5.11 Å². The molecule has 2 N–H and O–H groups in total. The maximum absolute atomic E-state index is 9.14. The molecule has 2 aromatic heterocycles. The van der Waals surface area contributed by atoms with E-state index in [1.54, 1.807) is 12.1 Å². The second-order valence-electron chi connectivity index (χ2n) is 4.03. The third kappa shape index (κ3) is 2.38. The molecule has 0 aliphatic rings. The molecular formula is C12H16N4O. The van der Waals surface area contributed by atoms with Gasteiger partial charge in [0.2, 0.25) is 0 Å². The summed E-state index contributed by atoms with van der Waals surface area (Å²) < 4.78 is 1.85. The number of aromatic hydroxyl groups is 1. The number of aryl methyl sites for hydroxylation is 2. The minimum absolute atomic E-state index is 0.183. The lowest BCUT2D eigenvalue weighted by atomic mass is 10.3. The van der Waals surface area contributed by atoms with E-state index < -0.39 is 0 Å². The number of pyridine rings is 1. The minimum atomic E-state index is 0.183. The van der Waals surface area contributed by atoms with Crippen LogP contribution in [0, 0.1) is 13.8 Å². The zero-order valence-corrected chi connectivity index (χ0v) is 10.2. The lowest BCUT2D eigenvalue weighted by Crippen LogP contribution is -2.03. The Hall–Kier alpha value is -2.04. The van der Waals surface area contributed by atoms with E-state index in [0.717, 1.165) is 22.8 Å². The van der Waals surface area contributed by atoms with Crippen molar-refractivity contribution in [3.63, 3.8) is 0 Å². The van der Waals surface area contributed by atoms with Crippen LogP contribution in [0.5, 0.6) is 5.75 Å². The highest BCUT2D eigenvalue weighted by atomic mass is 16.3. The molecule has 0 spiro atoms. The molecule has 2 heterocycles. The average molecular weight is 232 g/mol. The molecule has 0 radical (unpaired) electrons. The van der Waals surface area contributed by atoms with Crippen LogP contribution in [-0.2, 0) is 13.6 Å². The highest BCUT2D eigenvalue weighted by molar-refractivity contribution is 5.52. The maximum atomic E-state index is 9.14. The van der Waals surface area contributed by atoms with Crippen molar-refractivity contribution in [2.45, 2.75) is 20.4 Å². The third-order valence-electron chi connectivity index (χ3n) is 2.76. The summed E-state index contributed by atoms with van der Waals surface area (Å²) in [5, 5.41) is 16.8. The molecule has 0 amide bonds. The van der Waals surface area contributed by atoms with Gasteiger partial charge < -0.3 is 10.4 Å². The fraction of sp³-hybridized carbons (Fsp3) is 0.333. The summed E-state index contributed by atoms with van der Waals surface area (Å²) in [6.07, 6.45) is 1.44. The van der Waals surface area contributed by atoms with Gasteiger partial charge in [-0.15, -0.1) is 0 Å². The number of nitrogens with zero attached hydrogens (tertiary/aromatic N) is 3. The van der Waals surface area contributed by atoms with Crippen LogP contribution < -0.4 is 5.32 Å². The van der Waals surface area contributed by atoms with Gasteiger partial charge in [0.05, 0.1) is 35.5 Å². The summed E-state index contributed by atoms with van der Waals surface area (Å²) in [6.45, 7) is 4.61. The fourth-order valence-electron chi connectivity index (χ4n) is 1.73. The summed E-state index contributed by atoms with van der Waals surface area (Å²) in [4.78, 5) is 4.12. The largest absolute Gasteiger partial charge is 0.506 e. The molecule has 0 fully saturated rings. The van der Waals surface area contributed by atoms with Crippen LogP contribution >= 0.6 is 0 Å². The Kier molecular flexibility index (Phi) is 2.99. The van der Waals surface area contributed by atoms with Crippen molar-refractivity contribution in [1.29, 1.82) is 0 Å². The molecule has 17 heavy (non-hydrogen) atoms. The smallest absolute Gasteiger partial charge is 0.133 e. The normalized spacial score (nSPS) is 10.5. The summed E-state index contributed by atoms with van der Waals surface area (Å²) in [5.41, 5.74) is 4.00. The number of hydrogen-bond acceptors (Lipinski definition) is 4. The molecule has 5 nitrogen and oxygen atoms in total. The Morgan fingerprint density at radius 3 is 2.65 bits per heavy atom. The van der Waals surface area contributed by atoms with E-state index >= 15 is 0 Å². The van der Waals surface area contributed by atoms with Gasteiger partial charge >= 0.3 is 0 Å². The number of aromatic nitrogens is 3. The predicted molar refractivity (Wildman–Crippen MR) is 65.9 cm³/mol. The molecule has 90 valence electrons. The Balaban J connectivity index is 2.09. The number of nitrogens with one attached hydrogen (secondary N) is 1. The zero-order valence-electron chi connectivity index (χ0n) is 10.2. The maximum Gasteiger partial charge on any atom is 0.133 e. The molecule has 2 aromatic rings. The zero-order chi connectivity index (χ0) is 12.4. The number of hydrogen-bond donors (Lipinski definition) is 2. The highest BCUT2D eigenvalue weighted by Crippen LogP contribution is 2.19. The van der Waals surface area contributed by atoms with Crippen LogP contribution in [0.3, 0.4) is 0 Å². The van der Waals surface area contributed by atoms with E-state index in [1.807, 2.05) is 25.6 Å². The van der Waals surface area contributed by atoms with Gasteiger partial charge in [0.1, 0.15) is 5.75 Å². The molecule has 0 atom stereocenters. The van der Waals surface area contributed by atoms with Gasteiger partial charge in [0.15, 0.2) is 0 Å².